The van der Waals surface area contributed by atoms with Gasteiger partial charge in [-0.2, -0.15) is 0 Å². The number of nitrogens with one attached hydrogen (secondary N) is 2. The zero-order valence-corrected chi connectivity index (χ0v) is 23.2. The van der Waals surface area contributed by atoms with Gasteiger partial charge in [-0.3, -0.25) is 9.59 Å². The van der Waals surface area contributed by atoms with E-state index in [0.29, 0.717) is 25.6 Å². The molecule has 0 spiro atoms. The van der Waals surface area contributed by atoms with E-state index in [1.54, 1.807) is 7.11 Å². The summed E-state index contributed by atoms with van der Waals surface area (Å²) in [5, 5.41) is 7.93. The molecule has 2 aliphatic carbocycles. The number of rotatable bonds is 10. The molecule has 2 atom stereocenters. The SMILES string of the molecule is COCCCn1cc(CN(C(=O)C2CNCC(NC(=O)C3C(C)(C)C3(C)C)C2)C2CC2)c2ccccc21. The first-order valence-corrected chi connectivity index (χ1v) is 14.0. The van der Waals surface area contributed by atoms with Crippen LogP contribution in [-0.4, -0.2) is 60.2 Å². The minimum atomic E-state index is -0.116. The molecule has 0 bridgehead atoms. The lowest BCUT2D eigenvalue weighted by Crippen LogP contribution is -2.53. The molecule has 3 fully saturated rings. The Hall–Kier alpha value is -2.38. The third-order valence-corrected chi connectivity index (χ3v) is 9.56. The molecule has 7 nitrogen and oxygen atoms in total. The van der Waals surface area contributed by atoms with Crippen LogP contribution in [0, 0.1) is 22.7 Å². The largest absolute Gasteiger partial charge is 0.385 e. The van der Waals surface area contributed by atoms with E-state index in [4.69, 9.17) is 4.74 Å². The molecule has 1 aliphatic heterocycles. The number of aryl methyl sites for hydroxylation is 1. The van der Waals surface area contributed by atoms with Gasteiger partial charge in [-0.05, 0) is 48.1 Å². The van der Waals surface area contributed by atoms with Crippen molar-refractivity contribution in [1.29, 1.82) is 0 Å². The number of hydrogen-bond donors (Lipinski definition) is 2. The second-order valence-corrected chi connectivity index (χ2v) is 12.6. The molecule has 1 saturated heterocycles. The molecular weight excluding hydrogens is 464 g/mol. The lowest BCUT2D eigenvalue weighted by molar-refractivity contribution is -0.138. The van der Waals surface area contributed by atoms with Gasteiger partial charge >= 0.3 is 0 Å². The molecule has 2 saturated carbocycles. The summed E-state index contributed by atoms with van der Waals surface area (Å²) in [5.74, 6) is 0.266. The Morgan fingerprint density at radius 3 is 2.54 bits per heavy atom. The first-order chi connectivity index (χ1) is 17.6. The molecule has 2 heterocycles. The highest BCUT2D eigenvalue weighted by molar-refractivity contribution is 5.86. The lowest BCUT2D eigenvalue weighted by atomic mass is 9.93. The number of hydrogen-bond acceptors (Lipinski definition) is 4. The van der Waals surface area contributed by atoms with Gasteiger partial charge in [0.2, 0.25) is 11.8 Å². The fraction of sp³-hybridized carbons (Fsp3) is 0.667. The molecule has 37 heavy (non-hydrogen) atoms. The van der Waals surface area contributed by atoms with Crippen molar-refractivity contribution in [1.82, 2.24) is 20.1 Å². The lowest BCUT2D eigenvalue weighted by Gasteiger charge is -2.34. The van der Waals surface area contributed by atoms with E-state index in [9.17, 15) is 9.59 Å². The van der Waals surface area contributed by atoms with E-state index >= 15 is 0 Å². The maximum atomic E-state index is 13.9. The number of benzene rings is 1. The first-order valence-electron chi connectivity index (χ1n) is 14.0. The van der Waals surface area contributed by atoms with Gasteiger partial charge in [0.1, 0.15) is 0 Å². The standard InChI is InChI=1S/C30H44N4O3/c1-29(2)26(30(29,3)4)27(35)32-22-15-20(16-31-17-22)28(36)34(23-11-12-23)19-21-18-33(13-8-14-37-5)25-10-7-6-9-24(21)25/h6-7,9-10,18,20,22-23,26,31H,8,11-17,19H2,1-5H3,(H,32,35). The number of nitrogens with zero attached hydrogens (tertiary/aromatic N) is 2. The van der Waals surface area contributed by atoms with Gasteiger partial charge in [-0.1, -0.05) is 45.9 Å². The Morgan fingerprint density at radius 1 is 1.14 bits per heavy atom. The third-order valence-electron chi connectivity index (χ3n) is 9.56. The van der Waals surface area contributed by atoms with Crippen LogP contribution in [0.15, 0.2) is 30.5 Å². The number of methoxy groups -OCH3 is 1. The van der Waals surface area contributed by atoms with Crippen LogP contribution in [0.2, 0.25) is 0 Å². The summed E-state index contributed by atoms with van der Waals surface area (Å²) in [6.07, 6.45) is 6.03. The third kappa shape index (κ3) is 5.05. The van der Waals surface area contributed by atoms with Gasteiger partial charge < -0.3 is 24.8 Å². The number of carbonyl (C=O) groups excluding carboxylic acids is 2. The topological polar surface area (TPSA) is 75.6 Å². The fourth-order valence-electron chi connectivity index (χ4n) is 6.58. The highest BCUT2D eigenvalue weighted by Gasteiger charge is 2.68. The van der Waals surface area contributed by atoms with Crippen molar-refractivity contribution in [3.63, 3.8) is 0 Å². The molecular formula is C30H44N4O3. The van der Waals surface area contributed by atoms with Crippen molar-refractivity contribution < 1.29 is 14.3 Å². The Morgan fingerprint density at radius 2 is 1.86 bits per heavy atom. The minimum Gasteiger partial charge on any atom is -0.385 e. The van der Waals surface area contributed by atoms with Crippen molar-refractivity contribution in [3.8, 4) is 0 Å². The monoisotopic (exact) mass is 508 g/mol. The number of ether oxygens (including phenoxy) is 1. The highest BCUT2D eigenvalue weighted by Crippen LogP contribution is 2.68. The summed E-state index contributed by atoms with van der Waals surface area (Å²) in [6.45, 7) is 12.4. The zero-order chi connectivity index (χ0) is 26.4. The molecule has 1 aromatic carbocycles. The maximum Gasteiger partial charge on any atom is 0.227 e. The summed E-state index contributed by atoms with van der Waals surface area (Å²) < 4.78 is 7.56. The van der Waals surface area contributed by atoms with Gasteiger partial charge in [0.15, 0.2) is 0 Å². The van der Waals surface area contributed by atoms with Gasteiger partial charge in [-0.25, -0.2) is 0 Å². The van der Waals surface area contributed by atoms with Crippen LogP contribution in [0.3, 0.4) is 0 Å². The Balaban J connectivity index is 1.27. The van der Waals surface area contributed by atoms with Gasteiger partial charge in [0.25, 0.3) is 0 Å². The number of aromatic nitrogens is 1. The van der Waals surface area contributed by atoms with Crippen LogP contribution < -0.4 is 10.6 Å². The van der Waals surface area contributed by atoms with Gasteiger partial charge in [-0.15, -0.1) is 0 Å². The number of carbonyl (C=O) groups is 2. The number of amides is 2. The predicted molar refractivity (Wildman–Crippen MR) is 146 cm³/mol. The first kappa shape index (κ1) is 26.2. The molecule has 202 valence electrons. The smallest absolute Gasteiger partial charge is 0.227 e. The quantitative estimate of drug-likeness (QED) is 0.477. The average Bonchev–Trinajstić information content (AvgIpc) is 3.73. The second kappa shape index (κ2) is 10.1. The fourth-order valence-corrected chi connectivity index (χ4v) is 6.58. The van der Waals surface area contributed by atoms with Crippen LogP contribution >= 0.6 is 0 Å². The van der Waals surface area contributed by atoms with Crippen LogP contribution in [0.1, 0.15) is 58.9 Å². The summed E-state index contributed by atoms with van der Waals surface area (Å²) in [7, 11) is 1.74. The maximum absolute atomic E-state index is 13.9. The Kier molecular flexibility index (Phi) is 7.14. The average molecular weight is 509 g/mol. The zero-order valence-electron chi connectivity index (χ0n) is 23.2. The van der Waals surface area contributed by atoms with E-state index in [1.807, 2.05) is 0 Å². The van der Waals surface area contributed by atoms with Crippen LogP contribution in [0.25, 0.3) is 10.9 Å². The van der Waals surface area contributed by atoms with E-state index in [0.717, 1.165) is 39.0 Å². The molecule has 2 aromatic rings. The van der Waals surface area contributed by atoms with E-state index in [2.05, 4.69) is 78.3 Å². The van der Waals surface area contributed by atoms with E-state index < -0.39 is 0 Å². The van der Waals surface area contributed by atoms with Gasteiger partial charge in [0.05, 0.1) is 5.92 Å². The summed E-state index contributed by atoms with van der Waals surface area (Å²) in [4.78, 5) is 29.0. The molecule has 5 rings (SSSR count). The van der Waals surface area contributed by atoms with Crippen molar-refractivity contribution in [2.75, 3.05) is 26.8 Å². The molecule has 2 amide bonds. The summed E-state index contributed by atoms with van der Waals surface area (Å²) >= 11 is 0. The molecule has 3 aliphatic rings. The van der Waals surface area contributed by atoms with Gasteiger partial charge in [0, 0.05) is 75.0 Å². The van der Waals surface area contributed by atoms with Crippen LogP contribution in [-0.2, 0) is 27.4 Å². The molecule has 2 N–H and O–H groups in total. The minimum absolute atomic E-state index is 0.00819. The molecule has 7 heteroatoms. The second-order valence-electron chi connectivity index (χ2n) is 12.6. The van der Waals surface area contributed by atoms with Crippen LogP contribution in [0.4, 0.5) is 0 Å². The summed E-state index contributed by atoms with van der Waals surface area (Å²) in [5.41, 5.74) is 2.45. The van der Waals surface area contributed by atoms with E-state index in [-0.39, 0.29) is 40.5 Å². The van der Waals surface area contributed by atoms with Crippen molar-refractivity contribution in [2.45, 2.75) is 78.6 Å². The Bertz CT molecular complexity index is 1130. The Labute approximate surface area is 221 Å². The molecule has 0 radical (unpaired) electrons. The van der Waals surface area contributed by atoms with Crippen molar-refractivity contribution >= 4 is 22.7 Å². The van der Waals surface area contributed by atoms with E-state index in [1.165, 1.54) is 16.5 Å². The number of piperidine rings is 1. The van der Waals surface area contributed by atoms with Crippen molar-refractivity contribution in [3.05, 3.63) is 36.0 Å². The highest BCUT2D eigenvalue weighted by atomic mass is 16.5. The van der Waals surface area contributed by atoms with Crippen molar-refractivity contribution in [2.24, 2.45) is 22.7 Å². The molecule has 1 aromatic heterocycles. The molecule has 2 unspecified atom stereocenters. The number of fused-ring (bicyclic) bond motifs is 1. The predicted octanol–water partition coefficient (Wildman–Crippen LogP) is 3.95. The normalized spacial score (nSPS) is 24.7. The number of para-hydroxylation sites is 1. The summed E-state index contributed by atoms with van der Waals surface area (Å²) in [6, 6.07) is 8.80. The van der Waals surface area contributed by atoms with Crippen LogP contribution in [0.5, 0.6) is 0 Å².